The third kappa shape index (κ3) is 2.49. The lowest BCUT2D eigenvalue weighted by Crippen LogP contribution is -2.11. The molecule has 0 saturated carbocycles. The van der Waals surface area contributed by atoms with Crippen LogP contribution in [-0.4, -0.2) is 0 Å². The van der Waals surface area contributed by atoms with E-state index in [1.807, 2.05) is 6.92 Å². The standard InChI is InChI=1S/C10H13F2N/c1-2-3-10(13)8-6-7(11)4-5-9(8)12/h4-6,10H,2-3,13H2,1H3/t10-/m1/s1. The minimum Gasteiger partial charge on any atom is -0.324 e. The Balaban J connectivity index is 2.91. The van der Waals surface area contributed by atoms with Crippen LogP contribution in [0.15, 0.2) is 18.2 Å². The molecule has 1 aromatic carbocycles. The molecule has 3 heteroatoms. The summed E-state index contributed by atoms with van der Waals surface area (Å²) < 4.78 is 25.8. The van der Waals surface area contributed by atoms with Crippen LogP contribution in [0.25, 0.3) is 0 Å². The zero-order valence-corrected chi connectivity index (χ0v) is 7.56. The van der Waals surface area contributed by atoms with Crippen molar-refractivity contribution in [1.29, 1.82) is 0 Å². The van der Waals surface area contributed by atoms with Crippen LogP contribution >= 0.6 is 0 Å². The molecule has 0 heterocycles. The fourth-order valence-electron chi connectivity index (χ4n) is 1.27. The summed E-state index contributed by atoms with van der Waals surface area (Å²) in [5.41, 5.74) is 5.93. The highest BCUT2D eigenvalue weighted by molar-refractivity contribution is 5.21. The van der Waals surface area contributed by atoms with E-state index < -0.39 is 17.7 Å². The molecule has 1 atom stereocenters. The first kappa shape index (κ1) is 10.1. The second kappa shape index (κ2) is 4.33. The summed E-state index contributed by atoms with van der Waals surface area (Å²) in [6, 6.07) is 2.97. The average Bonchev–Trinajstić information content (AvgIpc) is 2.09. The largest absolute Gasteiger partial charge is 0.324 e. The number of benzene rings is 1. The second-order valence-corrected chi connectivity index (χ2v) is 3.06. The molecule has 1 nitrogen and oxygen atoms in total. The minimum atomic E-state index is -0.442. The first-order valence-electron chi connectivity index (χ1n) is 4.35. The Morgan fingerprint density at radius 1 is 1.38 bits per heavy atom. The van der Waals surface area contributed by atoms with Gasteiger partial charge in [0.2, 0.25) is 0 Å². The predicted molar refractivity (Wildman–Crippen MR) is 48.2 cm³/mol. The molecule has 0 aliphatic rings. The van der Waals surface area contributed by atoms with Crippen LogP contribution in [0.4, 0.5) is 8.78 Å². The lowest BCUT2D eigenvalue weighted by Gasteiger charge is -2.11. The average molecular weight is 185 g/mol. The van der Waals surface area contributed by atoms with Crippen molar-refractivity contribution in [2.45, 2.75) is 25.8 Å². The van der Waals surface area contributed by atoms with E-state index in [0.717, 1.165) is 24.6 Å². The van der Waals surface area contributed by atoms with Crippen molar-refractivity contribution in [3.63, 3.8) is 0 Å². The molecule has 0 aliphatic heterocycles. The maximum absolute atomic E-state index is 13.1. The van der Waals surface area contributed by atoms with Crippen LogP contribution in [0.2, 0.25) is 0 Å². The van der Waals surface area contributed by atoms with Crippen molar-refractivity contribution < 1.29 is 8.78 Å². The van der Waals surface area contributed by atoms with Crippen molar-refractivity contribution in [3.8, 4) is 0 Å². The molecule has 1 aromatic rings. The molecule has 0 bridgehead atoms. The van der Waals surface area contributed by atoms with E-state index in [1.165, 1.54) is 0 Å². The molecular formula is C10H13F2N. The third-order valence-corrected chi connectivity index (χ3v) is 1.96. The first-order valence-corrected chi connectivity index (χ1v) is 4.35. The quantitative estimate of drug-likeness (QED) is 0.769. The second-order valence-electron chi connectivity index (χ2n) is 3.06. The van der Waals surface area contributed by atoms with Gasteiger partial charge in [-0.1, -0.05) is 13.3 Å². The lowest BCUT2D eigenvalue weighted by molar-refractivity contribution is 0.545. The summed E-state index contributed by atoms with van der Waals surface area (Å²) in [6.45, 7) is 1.96. The summed E-state index contributed by atoms with van der Waals surface area (Å²) in [5, 5.41) is 0. The number of nitrogens with two attached hydrogens (primary N) is 1. The summed E-state index contributed by atoms with van der Waals surface area (Å²) in [5.74, 6) is -0.870. The van der Waals surface area contributed by atoms with Gasteiger partial charge in [-0.3, -0.25) is 0 Å². The molecule has 72 valence electrons. The maximum Gasteiger partial charge on any atom is 0.128 e. The predicted octanol–water partition coefficient (Wildman–Crippen LogP) is 2.76. The van der Waals surface area contributed by atoms with E-state index in [-0.39, 0.29) is 5.56 Å². The van der Waals surface area contributed by atoms with Crippen LogP contribution in [0.5, 0.6) is 0 Å². The fraction of sp³-hybridized carbons (Fsp3) is 0.400. The molecule has 0 aromatic heterocycles. The van der Waals surface area contributed by atoms with Crippen LogP contribution < -0.4 is 5.73 Å². The Bertz CT molecular complexity index is 286. The highest BCUT2D eigenvalue weighted by Crippen LogP contribution is 2.19. The summed E-state index contributed by atoms with van der Waals surface area (Å²) in [7, 11) is 0. The molecule has 0 unspecified atom stereocenters. The first-order chi connectivity index (χ1) is 6.15. The van der Waals surface area contributed by atoms with E-state index in [9.17, 15) is 8.78 Å². The van der Waals surface area contributed by atoms with E-state index >= 15 is 0 Å². The van der Waals surface area contributed by atoms with Crippen LogP contribution in [0.1, 0.15) is 31.4 Å². The summed E-state index contributed by atoms with van der Waals surface area (Å²) >= 11 is 0. The Kier molecular flexibility index (Phi) is 3.37. The van der Waals surface area contributed by atoms with Gasteiger partial charge in [0.1, 0.15) is 11.6 Å². The molecule has 0 aliphatic carbocycles. The molecule has 2 N–H and O–H groups in total. The molecule has 0 saturated heterocycles. The van der Waals surface area contributed by atoms with Gasteiger partial charge in [0.05, 0.1) is 0 Å². The number of rotatable bonds is 3. The molecule has 0 amide bonds. The lowest BCUT2D eigenvalue weighted by atomic mass is 10.0. The van der Waals surface area contributed by atoms with Crippen molar-refractivity contribution in [2.75, 3.05) is 0 Å². The Labute approximate surface area is 76.6 Å². The van der Waals surface area contributed by atoms with Gasteiger partial charge in [-0.05, 0) is 24.6 Å². The monoisotopic (exact) mass is 185 g/mol. The summed E-state index contributed by atoms with van der Waals surface area (Å²) in [6.07, 6.45) is 1.53. The van der Waals surface area contributed by atoms with Gasteiger partial charge in [-0.25, -0.2) is 8.78 Å². The van der Waals surface area contributed by atoms with E-state index in [1.54, 1.807) is 0 Å². The normalized spacial score (nSPS) is 12.9. The highest BCUT2D eigenvalue weighted by Gasteiger charge is 2.10. The third-order valence-electron chi connectivity index (χ3n) is 1.96. The van der Waals surface area contributed by atoms with Crippen LogP contribution in [0.3, 0.4) is 0 Å². The van der Waals surface area contributed by atoms with Gasteiger partial charge < -0.3 is 5.73 Å². The van der Waals surface area contributed by atoms with Gasteiger partial charge in [-0.15, -0.1) is 0 Å². The Morgan fingerprint density at radius 2 is 2.08 bits per heavy atom. The van der Waals surface area contributed by atoms with Crippen molar-refractivity contribution >= 4 is 0 Å². The topological polar surface area (TPSA) is 26.0 Å². The van der Waals surface area contributed by atoms with Crippen LogP contribution in [0, 0.1) is 11.6 Å². The van der Waals surface area contributed by atoms with Crippen LogP contribution in [-0.2, 0) is 0 Å². The minimum absolute atomic E-state index is 0.266. The van der Waals surface area contributed by atoms with Crippen molar-refractivity contribution in [2.24, 2.45) is 5.73 Å². The van der Waals surface area contributed by atoms with Gasteiger partial charge in [0.15, 0.2) is 0 Å². The maximum atomic E-state index is 13.1. The zero-order valence-electron chi connectivity index (χ0n) is 7.56. The fourth-order valence-corrected chi connectivity index (χ4v) is 1.27. The molecule has 0 spiro atoms. The van der Waals surface area contributed by atoms with Gasteiger partial charge >= 0.3 is 0 Å². The van der Waals surface area contributed by atoms with Gasteiger partial charge in [-0.2, -0.15) is 0 Å². The number of hydrogen-bond acceptors (Lipinski definition) is 1. The molecule has 1 rings (SSSR count). The molecule has 13 heavy (non-hydrogen) atoms. The number of halogens is 2. The van der Waals surface area contributed by atoms with E-state index in [0.29, 0.717) is 6.42 Å². The van der Waals surface area contributed by atoms with Gasteiger partial charge in [0, 0.05) is 11.6 Å². The smallest absolute Gasteiger partial charge is 0.128 e. The van der Waals surface area contributed by atoms with E-state index in [4.69, 9.17) is 5.73 Å². The summed E-state index contributed by atoms with van der Waals surface area (Å²) in [4.78, 5) is 0. The van der Waals surface area contributed by atoms with E-state index in [2.05, 4.69) is 0 Å². The van der Waals surface area contributed by atoms with Crippen molar-refractivity contribution in [3.05, 3.63) is 35.4 Å². The number of hydrogen-bond donors (Lipinski definition) is 1. The SMILES string of the molecule is CCC[C@@H](N)c1cc(F)ccc1F. The zero-order chi connectivity index (χ0) is 9.84. The molecule has 0 fully saturated rings. The Morgan fingerprint density at radius 3 is 2.69 bits per heavy atom. The molecular weight excluding hydrogens is 172 g/mol. The Hall–Kier alpha value is -0.960. The van der Waals surface area contributed by atoms with Crippen molar-refractivity contribution in [1.82, 2.24) is 0 Å². The highest BCUT2D eigenvalue weighted by atomic mass is 19.1. The van der Waals surface area contributed by atoms with Gasteiger partial charge in [0.25, 0.3) is 0 Å². The molecule has 0 radical (unpaired) electrons.